The molecule has 1 atom stereocenters. The number of para-hydroxylation sites is 1. The van der Waals surface area contributed by atoms with Crippen molar-refractivity contribution in [3.63, 3.8) is 0 Å². The zero-order valence-corrected chi connectivity index (χ0v) is 26.0. The molecular formula is C33H33N7O6. The Kier molecular flexibility index (Phi) is 9.03. The number of anilines is 1. The number of nitrogens with zero attached hydrogens (tertiary/aromatic N) is 5. The summed E-state index contributed by atoms with van der Waals surface area (Å²) in [5.41, 5.74) is 0.590. The van der Waals surface area contributed by atoms with Crippen molar-refractivity contribution >= 4 is 34.4 Å². The van der Waals surface area contributed by atoms with Crippen LogP contribution in [0.25, 0.3) is 22.3 Å². The van der Waals surface area contributed by atoms with E-state index in [1.807, 2.05) is 44.2 Å². The van der Waals surface area contributed by atoms with E-state index in [-0.39, 0.29) is 29.2 Å². The normalized spacial score (nSPS) is 12.1. The standard InChI is InChI=1S/C33H33N7O6/c1-19(2)26(27(42)29-38-39-31(46-29)33(3,4)22-15-21-13-9-10-14-23(21)34-16-22)37-25(41)18-40-28(20-11-7-6-8-12-20)35-17-24(30(40)43)36-32(44)45-5/h6-17,19,26H,18H2,1-5H3,(H,36,44)(H,37,41)/t26-/m0/s1. The van der Waals surface area contributed by atoms with Gasteiger partial charge in [0.1, 0.15) is 18.1 Å². The highest BCUT2D eigenvalue weighted by molar-refractivity contribution is 5.98. The van der Waals surface area contributed by atoms with Gasteiger partial charge in [-0.05, 0) is 37.5 Å². The minimum Gasteiger partial charge on any atom is -0.453 e. The van der Waals surface area contributed by atoms with E-state index in [0.717, 1.165) is 28.1 Å². The van der Waals surface area contributed by atoms with Gasteiger partial charge >= 0.3 is 6.09 Å². The van der Waals surface area contributed by atoms with Crippen molar-refractivity contribution in [2.75, 3.05) is 12.4 Å². The highest BCUT2D eigenvalue weighted by Gasteiger charge is 2.34. The molecule has 236 valence electrons. The van der Waals surface area contributed by atoms with E-state index in [1.54, 1.807) is 50.4 Å². The van der Waals surface area contributed by atoms with Crippen LogP contribution in [0.15, 0.2) is 82.3 Å². The van der Waals surface area contributed by atoms with Crippen LogP contribution >= 0.6 is 0 Å². The van der Waals surface area contributed by atoms with E-state index in [4.69, 9.17) is 4.42 Å². The summed E-state index contributed by atoms with van der Waals surface area (Å²) >= 11 is 0. The maximum absolute atomic E-state index is 13.6. The zero-order chi connectivity index (χ0) is 33.0. The smallest absolute Gasteiger partial charge is 0.411 e. The Bertz CT molecular complexity index is 1970. The summed E-state index contributed by atoms with van der Waals surface area (Å²) in [5, 5.41) is 14.2. The third kappa shape index (κ3) is 6.53. The Balaban J connectivity index is 1.39. The number of nitrogens with one attached hydrogen (secondary N) is 2. The van der Waals surface area contributed by atoms with Crippen LogP contribution < -0.4 is 16.2 Å². The van der Waals surface area contributed by atoms with Gasteiger partial charge in [-0.25, -0.2) is 9.78 Å². The second-order valence-corrected chi connectivity index (χ2v) is 11.5. The number of Topliss-reactive ketones (excluding diaryl/α,β-unsaturated/α-hetero) is 1. The maximum atomic E-state index is 13.6. The van der Waals surface area contributed by atoms with Crippen molar-refractivity contribution < 1.29 is 23.5 Å². The molecule has 3 aromatic heterocycles. The predicted octanol–water partition coefficient (Wildman–Crippen LogP) is 4.37. The van der Waals surface area contributed by atoms with Crippen molar-refractivity contribution in [2.24, 2.45) is 5.92 Å². The molecular weight excluding hydrogens is 590 g/mol. The summed E-state index contributed by atoms with van der Waals surface area (Å²) in [5.74, 6) is -1.46. The van der Waals surface area contributed by atoms with Crippen molar-refractivity contribution in [2.45, 2.75) is 45.7 Å². The molecule has 2 aromatic carbocycles. The van der Waals surface area contributed by atoms with Crippen molar-refractivity contribution in [3.8, 4) is 11.4 Å². The van der Waals surface area contributed by atoms with E-state index in [0.29, 0.717) is 5.56 Å². The molecule has 13 nitrogen and oxygen atoms in total. The largest absolute Gasteiger partial charge is 0.453 e. The summed E-state index contributed by atoms with van der Waals surface area (Å²) in [6.07, 6.45) is 2.06. The molecule has 0 aliphatic rings. The highest BCUT2D eigenvalue weighted by Crippen LogP contribution is 2.32. The Morgan fingerprint density at radius 3 is 2.41 bits per heavy atom. The SMILES string of the molecule is COC(=O)Nc1cnc(-c2ccccc2)n(CC(=O)N[C@H](C(=O)c2nnc(C(C)(C)c3cnc4ccccc4c3)o2)C(C)C)c1=O. The van der Waals surface area contributed by atoms with Crippen LogP contribution in [-0.4, -0.2) is 55.7 Å². The van der Waals surface area contributed by atoms with E-state index in [1.165, 1.54) is 6.20 Å². The molecule has 0 aliphatic carbocycles. The molecule has 0 aliphatic heterocycles. The summed E-state index contributed by atoms with van der Waals surface area (Å²) < 4.78 is 11.6. The van der Waals surface area contributed by atoms with E-state index in [2.05, 4.69) is 35.5 Å². The Labute approximate surface area is 264 Å². The third-order valence-corrected chi connectivity index (χ3v) is 7.55. The third-order valence-electron chi connectivity index (χ3n) is 7.55. The van der Waals surface area contributed by atoms with Crippen molar-refractivity contribution in [1.82, 2.24) is 30.0 Å². The predicted molar refractivity (Wildman–Crippen MR) is 169 cm³/mol. The van der Waals surface area contributed by atoms with Crippen molar-refractivity contribution in [3.05, 3.63) is 101 Å². The summed E-state index contributed by atoms with van der Waals surface area (Å²) in [7, 11) is 1.16. The number of rotatable bonds is 10. The topological polar surface area (TPSA) is 171 Å². The number of hydrogen-bond acceptors (Lipinski definition) is 10. The fraction of sp³-hybridized carbons (Fsp3) is 0.273. The molecule has 13 heteroatoms. The number of ether oxygens (including phenoxy) is 1. The number of hydrogen-bond donors (Lipinski definition) is 2. The Morgan fingerprint density at radius 1 is 0.978 bits per heavy atom. The summed E-state index contributed by atoms with van der Waals surface area (Å²) in [6.45, 7) is 6.80. The second kappa shape index (κ2) is 13.1. The first-order valence-corrected chi connectivity index (χ1v) is 14.5. The van der Waals surface area contributed by atoms with Gasteiger partial charge in [0.05, 0.1) is 30.3 Å². The van der Waals surface area contributed by atoms with Crippen LogP contribution in [0.5, 0.6) is 0 Å². The molecule has 3 heterocycles. The van der Waals surface area contributed by atoms with Crippen molar-refractivity contribution in [1.29, 1.82) is 0 Å². The van der Waals surface area contributed by atoms with Gasteiger partial charge in [-0.1, -0.05) is 62.4 Å². The van der Waals surface area contributed by atoms with E-state index in [9.17, 15) is 19.2 Å². The average molecular weight is 624 g/mol. The zero-order valence-electron chi connectivity index (χ0n) is 26.0. The Hall–Kier alpha value is -5.72. The van der Waals surface area contributed by atoms with Crippen LogP contribution in [0, 0.1) is 5.92 Å². The lowest BCUT2D eigenvalue weighted by molar-refractivity contribution is -0.122. The average Bonchev–Trinajstić information content (AvgIpc) is 3.57. The Morgan fingerprint density at radius 2 is 1.70 bits per heavy atom. The number of aromatic nitrogens is 5. The van der Waals surface area contributed by atoms with Gasteiger partial charge in [-0.2, -0.15) is 0 Å². The molecule has 5 aromatic rings. The number of benzene rings is 2. The quantitative estimate of drug-likeness (QED) is 0.213. The molecule has 2 N–H and O–H groups in total. The highest BCUT2D eigenvalue weighted by atomic mass is 16.5. The number of carbonyl (C=O) groups excluding carboxylic acids is 3. The second-order valence-electron chi connectivity index (χ2n) is 11.5. The lowest BCUT2D eigenvalue weighted by Gasteiger charge is -2.21. The van der Waals surface area contributed by atoms with Gasteiger partial charge in [0.15, 0.2) is 0 Å². The number of methoxy groups -OCH3 is 1. The first-order valence-electron chi connectivity index (χ1n) is 14.5. The number of fused-ring (bicyclic) bond motifs is 1. The van der Waals surface area contributed by atoms with Crippen LogP contribution in [-0.2, 0) is 21.5 Å². The molecule has 0 saturated heterocycles. The number of ketones is 1. The van der Waals surface area contributed by atoms with Crippen LogP contribution in [0.3, 0.4) is 0 Å². The van der Waals surface area contributed by atoms with E-state index >= 15 is 0 Å². The molecule has 0 saturated carbocycles. The lowest BCUT2D eigenvalue weighted by atomic mass is 9.85. The number of pyridine rings is 1. The molecule has 2 amide bonds. The molecule has 0 spiro atoms. The van der Waals surface area contributed by atoms with E-state index < -0.39 is 41.3 Å². The molecule has 0 unspecified atom stereocenters. The molecule has 5 rings (SSSR count). The fourth-order valence-corrected chi connectivity index (χ4v) is 4.85. The van der Waals surface area contributed by atoms with Crippen LogP contribution in [0.2, 0.25) is 0 Å². The minimum atomic E-state index is -1.05. The molecule has 0 radical (unpaired) electrons. The summed E-state index contributed by atoms with van der Waals surface area (Å²) in [6, 6.07) is 17.4. The fourth-order valence-electron chi connectivity index (χ4n) is 4.85. The lowest BCUT2D eigenvalue weighted by Crippen LogP contribution is -2.46. The van der Waals surface area contributed by atoms with Crippen LogP contribution in [0.4, 0.5) is 10.5 Å². The maximum Gasteiger partial charge on any atom is 0.411 e. The molecule has 0 bridgehead atoms. The van der Waals surface area contributed by atoms with Crippen LogP contribution in [0.1, 0.15) is 49.8 Å². The number of amides is 2. The molecule has 46 heavy (non-hydrogen) atoms. The van der Waals surface area contributed by atoms with Gasteiger partial charge in [0.25, 0.3) is 11.4 Å². The first-order chi connectivity index (χ1) is 22.0. The van der Waals surface area contributed by atoms with Gasteiger partial charge < -0.3 is 14.5 Å². The van der Waals surface area contributed by atoms with Gasteiger partial charge in [0, 0.05) is 17.1 Å². The van der Waals surface area contributed by atoms with Gasteiger partial charge in [-0.15, -0.1) is 10.2 Å². The van der Waals surface area contributed by atoms with Gasteiger partial charge in [-0.3, -0.25) is 29.3 Å². The first kappa shape index (κ1) is 31.7. The van der Waals surface area contributed by atoms with Gasteiger partial charge in [0.2, 0.25) is 17.6 Å². The number of carbonyl (C=O) groups is 3. The molecule has 0 fully saturated rings. The monoisotopic (exact) mass is 623 g/mol. The minimum absolute atomic E-state index is 0.182. The summed E-state index contributed by atoms with van der Waals surface area (Å²) in [4.78, 5) is 61.1.